The van der Waals surface area contributed by atoms with Crippen LogP contribution in [0, 0.1) is 0 Å². The molecule has 0 aliphatic rings. The predicted octanol–water partition coefficient (Wildman–Crippen LogP) is 2.09. The third kappa shape index (κ3) is 3.59. The predicted molar refractivity (Wildman–Crippen MR) is 56.7 cm³/mol. The average molecular weight is 242 g/mol. The minimum Gasteiger partial charge on any atom is -0.351 e. The summed E-state index contributed by atoms with van der Waals surface area (Å²) in [4.78, 5) is 11.0. The largest absolute Gasteiger partial charge is 0.351 e. The van der Waals surface area contributed by atoms with Gasteiger partial charge >= 0.3 is 0 Å². The fourth-order valence-electron chi connectivity index (χ4n) is 0.926. The van der Waals surface area contributed by atoms with Crippen molar-refractivity contribution in [2.24, 2.45) is 0 Å². The Morgan fingerprint density at radius 3 is 2.62 bits per heavy atom. The monoisotopic (exact) mass is 241 g/mol. The first-order valence-electron chi connectivity index (χ1n) is 4.16. The van der Waals surface area contributed by atoms with Gasteiger partial charge in [0.25, 0.3) is 0 Å². The van der Waals surface area contributed by atoms with Crippen molar-refractivity contribution in [2.45, 2.75) is 18.3 Å². The van der Waals surface area contributed by atoms with Crippen LogP contribution in [0.15, 0.2) is 30.3 Å². The molecule has 1 rings (SSSR count). The molecule has 0 unspecified atom stereocenters. The standard InChI is InChI=1S/C10H12BrNO/c1-8(11)10(13)12-7-9-5-3-2-4-6-9/h2-6,8H,7H2,1H3,(H,12,13)/t8-/m1/s1. The van der Waals surface area contributed by atoms with E-state index in [-0.39, 0.29) is 10.7 Å². The minimum absolute atomic E-state index is 0.0175. The maximum absolute atomic E-state index is 11.2. The molecule has 0 heterocycles. The van der Waals surface area contributed by atoms with Gasteiger partial charge in [0.15, 0.2) is 0 Å². The molecule has 1 N–H and O–H groups in total. The zero-order valence-electron chi connectivity index (χ0n) is 7.46. The first kappa shape index (κ1) is 10.3. The lowest BCUT2D eigenvalue weighted by molar-refractivity contribution is -0.120. The Morgan fingerprint density at radius 1 is 1.46 bits per heavy atom. The number of carbonyl (C=O) groups excluding carboxylic acids is 1. The Bertz CT molecular complexity index is 272. The van der Waals surface area contributed by atoms with Crippen LogP contribution in [0.1, 0.15) is 12.5 Å². The van der Waals surface area contributed by atoms with Crippen LogP contribution in [0.3, 0.4) is 0 Å². The van der Waals surface area contributed by atoms with Crippen molar-refractivity contribution in [3.8, 4) is 0 Å². The normalized spacial score (nSPS) is 12.2. The SMILES string of the molecule is C[C@@H](Br)C(=O)NCc1ccccc1. The van der Waals surface area contributed by atoms with Gasteiger partial charge in [-0.3, -0.25) is 4.79 Å². The second kappa shape index (κ2) is 5.02. The number of hydrogen-bond donors (Lipinski definition) is 1. The Kier molecular flexibility index (Phi) is 3.96. The molecule has 2 nitrogen and oxygen atoms in total. The molecule has 0 saturated heterocycles. The smallest absolute Gasteiger partial charge is 0.233 e. The zero-order chi connectivity index (χ0) is 9.68. The molecule has 1 aromatic rings. The number of nitrogens with one attached hydrogen (secondary N) is 1. The topological polar surface area (TPSA) is 29.1 Å². The van der Waals surface area contributed by atoms with Crippen molar-refractivity contribution in [1.82, 2.24) is 5.32 Å². The van der Waals surface area contributed by atoms with E-state index in [1.165, 1.54) is 0 Å². The fourth-order valence-corrected chi connectivity index (χ4v) is 1.09. The van der Waals surface area contributed by atoms with Gasteiger partial charge in [0.2, 0.25) is 5.91 Å². The van der Waals surface area contributed by atoms with Gasteiger partial charge < -0.3 is 5.32 Å². The number of rotatable bonds is 3. The summed E-state index contributed by atoms with van der Waals surface area (Å²) in [5, 5.41) is 2.81. The van der Waals surface area contributed by atoms with E-state index in [1.807, 2.05) is 30.3 Å². The summed E-state index contributed by atoms with van der Waals surface area (Å²) < 4.78 is 0. The molecule has 3 heteroatoms. The second-order valence-electron chi connectivity index (χ2n) is 2.82. The van der Waals surface area contributed by atoms with Crippen LogP contribution in [0.5, 0.6) is 0 Å². The number of benzene rings is 1. The molecule has 0 saturated carbocycles. The van der Waals surface area contributed by atoms with E-state index >= 15 is 0 Å². The molecule has 0 fully saturated rings. The highest BCUT2D eigenvalue weighted by atomic mass is 79.9. The number of carbonyl (C=O) groups is 1. The van der Waals surface area contributed by atoms with E-state index < -0.39 is 0 Å². The van der Waals surface area contributed by atoms with Gasteiger partial charge in [-0.2, -0.15) is 0 Å². The molecule has 0 aliphatic carbocycles. The quantitative estimate of drug-likeness (QED) is 0.808. The highest BCUT2D eigenvalue weighted by molar-refractivity contribution is 9.10. The molecule has 0 radical (unpaired) electrons. The summed E-state index contributed by atoms with van der Waals surface area (Å²) in [7, 11) is 0. The van der Waals surface area contributed by atoms with Gasteiger partial charge in [0.05, 0.1) is 4.83 Å². The summed E-state index contributed by atoms with van der Waals surface area (Å²) in [5.74, 6) is 0.0175. The molecule has 1 amide bonds. The Balaban J connectivity index is 2.40. The van der Waals surface area contributed by atoms with Crippen molar-refractivity contribution in [1.29, 1.82) is 0 Å². The minimum atomic E-state index is -0.129. The van der Waals surface area contributed by atoms with Crippen molar-refractivity contribution in [2.75, 3.05) is 0 Å². The zero-order valence-corrected chi connectivity index (χ0v) is 9.04. The van der Waals surface area contributed by atoms with E-state index in [0.717, 1.165) is 5.56 Å². The Morgan fingerprint density at radius 2 is 2.08 bits per heavy atom. The highest BCUT2D eigenvalue weighted by Crippen LogP contribution is 2.00. The van der Waals surface area contributed by atoms with Crippen molar-refractivity contribution >= 4 is 21.8 Å². The molecule has 0 aliphatic heterocycles. The van der Waals surface area contributed by atoms with E-state index in [0.29, 0.717) is 6.54 Å². The highest BCUT2D eigenvalue weighted by Gasteiger charge is 2.06. The maximum atomic E-state index is 11.2. The van der Waals surface area contributed by atoms with Crippen LogP contribution in [0.2, 0.25) is 0 Å². The summed E-state index contributed by atoms with van der Waals surface area (Å²) in [6.07, 6.45) is 0. The van der Waals surface area contributed by atoms with Gasteiger partial charge in [-0.15, -0.1) is 0 Å². The lowest BCUT2D eigenvalue weighted by Crippen LogP contribution is -2.28. The molecule has 70 valence electrons. The Labute approximate surface area is 86.5 Å². The molecule has 0 spiro atoms. The van der Waals surface area contributed by atoms with Crippen LogP contribution < -0.4 is 5.32 Å². The number of halogens is 1. The first-order chi connectivity index (χ1) is 6.20. The first-order valence-corrected chi connectivity index (χ1v) is 5.07. The lowest BCUT2D eigenvalue weighted by Gasteiger charge is -2.05. The van der Waals surface area contributed by atoms with Crippen molar-refractivity contribution < 1.29 is 4.79 Å². The molecule has 1 atom stereocenters. The van der Waals surface area contributed by atoms with Crippen LogP contribution in [-0.4, -0.2) is 10.7 Å². The van der Waals surface area contributed by atoms with Gasteiger partial charge in [-0.25, -0.2) is 0 Å². The molecular weight excluding hydrogens is 230 g/mol. The van der Waals surface area contributed by atoms with Crippen LogP contribution in [0.25, 0.3) is 0 Å². The van der Waals surface area contributed by atoms with Gasteiger partial charge in [0, 0.05) is 6.54 Å². The van der Waals surface area contributed by atoms with E-state index in [4.69, 9.17) is 0 Å². The van der Waals surface area contributed by atoms with E-state index in [2.05, 4.69) is 21.2 Å². The van der Waals surface area contributed by atoms with Gasteiger partial charge in [0.1, 0.15) is 0 Å². The molecule has 0 bridgehead atoms. The lowest BCUT2D eigenvalue weighted by atomic mass is 10.2. The van der Waals surface area contributed by atoms with Gasteiger partial charge in [-0.05, 0) is 12.5 Å². The maximum Gasteiger partial charge on any atom is 0.233 e. The summed E-state index contributed by atoms with van der Waals surface area (Å²) in [5.41, 5.74) is 1.11. The van der Waals surface area contributed by atoms with Gasteiger partial charge in [-0.1, -0.05) is 46.3 Å². The van der Waals surface area contributed by atoms with Crippen molar-refractivity contribution in [3.63, 3.8) is 0 Å². The van der Waals surface area contributed by atoms with Crippen LogP contribution in [0.4, 0.5) is 0 Å². The number of amides is 1. The molecule has 1 aromatic carbocycles. The fraction of sp³-hybridized carbons (Fsp3) is 0.300. The van der Waals surface area contributed by atoms with Crippen LogP contribution in [-0.2, 0) is 11.3 Å². The molecule has 13 heavy (non-hydrogen) atoms. The van der Waals surface area contributed by atoms with Crippen LogP contribution >= 0.6 is 15.9 Å². The Hall–Kier alpha value is -0.830. The third-order valence-corrected chi connectivity index (χ3v) is 2.09. The third-order valence-electron chi connectivity index (χ3n) is 1.67. The van der Waals surface area contributed by atoms with Crippen molar-refractivity contribution in [3.05, 3.63) is 35.9 Å². The second-order valence-corrected chi connectivity index (χ2v) is 4.19. The summed E-state index contributed by atoms with van der Waals surface area (Å²) in [6, 6.07) is 9.84. The van der Waals surface area contributed by atoms with E-state index in [9.17, 15) is 4.79 Å². The average Bonchev–Trinajstić information content (AvgIpc) is 2.15. The summed E-state index contributed by atoms with van der Waals surface area (Å²) >= 11 is 3.20. The molecular formula is C10H12BrNO. The van der Waals surface area contributed by atoms with E-state index in [1.54, 1.807) is 6.92 Å². The number of hydrogen-bond acceptors (Lipinski definition) is 1. The number of alkyl halides is 1. The summed E-state index contributed by atoms with van der Waals surface area (Å²) in [6.45, 7) is 2.40. The molecule has 0 aromatic heterocycles.